The lowest BCUT2D eigenvalue weighted by atomic mass is 9.81. The maximum absolute atomic E-state index is 12.7. The maximum Gasteiger partial charge on any atom is 0.316 e. The quantitative estimate of drug-likeness (QED) is 0.202. The standard InChI is InChI=1S/C23H42N2O6/c1-6-7-8-9-10-11-12-13-19(27)24-18(15-26)21(29)25-17(14-16(2)3)20(28)23(4,5)22(30)31/h16-18,26H,6-15H2,1-5H3,(H,24,27)(H,25,29)(H,30,31)/t17-,18-/m0/s1. The van der Waals surface area contributed by atoms with Crippen LogP contribution in [0.2, 0.25) is 0 Å². The molecule has 0 aromatic rings. The number of aliphatic hydroxyl groups is 1. The molecule has 0 aliphatic heterocycles. The molecular formula is C23H42N2O6. The van der Waals surface area contributed by atoms with Gasteiger partial charge < -0.3 is 20.8 Å². The number of rotatable bonds is 17. The fourth-order valence-corrected chi connectivity index (χ4v) is 3.22. The van der Waals surface area contributed by atoms with Crippen molar-refractivity contribution in [1.82, 2.24) is 10.6 Å². The summed E-state index contributed by atoms with van der Waals surface area (Å²) in [4.78, 5) is 48.9. The van der Waals surface area contributed by atoms with E-state index in [-0.39, 0.29) is 24.7 Å². The van der Waals surface area contributed by atoms with Crippen molar-refractivity contribution in [3.05, 3.63) is 0 Å². The number of hydrogen-bond acceptors (Lipinski definition) is 5. The van der Waals surface area contributed by atoms with Crippen molar-refractivity contribution in [3.8, 4) is 0 Å². The molecule has 0 aromatic heterocycles. The highest BCUT2D eigenvalue weighted by Crippen LogP contribution is 2.22. The molecule has 0 aliphatic rings. The Morgan fingerprint density at radius 3 is 1.90 bits per heavy atom. The highest BCUT2D eigenvalue weighted by atomic mass is 16.4. The second-order valence-corrected chi connectivity index (χ2v) is 9.16. The van der Waals surface area contributed by atoms with Gasteiger partial charge in [0, 0.05) is 6.42 Å². The first-order valence-corrected chi connectivity index (χ1v) is 11.5. The number of nitrogens with one attached hydrogen (secondary N) is 2. The lowest BCUT2D eigenvalue weighted by Gasteiger charge is -2.28. The summed E-state index contributed by atoms with van der Waals surface area (Å²) in [5.41, 5.74) is -1.66. The van der Waals surface area contributed by atoms with E-state index in [1.54, 1.807) is 0 Å². The van der Waals surface area contributed by atoms with Crippen LogP contribution in [-0.2, 0) is 19.2 Å². The molecule has 0 spiro atoms. The predicted molar refractivity (Wildman–Crippen MR) is 119 cm³/mol. The summed E-state index contributed by atoms with van der Waals surface area (Å²) < 4.78 is 0. The molecule has 0 unspecified atom stereocenters. The lowest BCUT2D eigenvalue weighted by Crippen LogP contribution is -2.56. The van der Waals surface area contributed by atoms with Gasteiger partial charge in [0.2, 0.25) is 11.8 Å². The Labute approximate surface area is 186 Å². The smallest absolute Gasteiger partial charge is 0.316 e. The molecule has 0 saturated carbocycles. The van der Waals surface area contributed by atoms with E-state index in [2.05, 4.69) is 17.6 Å². The minimum absolute atomic E-state index is 0.0262. The molecule has 8 nitrogen and oxygen atoms in total. The number of carbonyl (C=O) groups is 4. The first kappa shape index (κ1) is 29.0. The van der Waals surface area contributed by atoms with E-state index in [0.717, 1.165) is 19.3 Å². The lowest BCUT2D eigenvalue weighted by molar-refractivity contribution is -0.154. The molecule has 0 heterocycles. The van der Waals surface area contributed by atoms with Crippen molar-refractivity contribution in [2.24, 2.45) is 11.3 Å². The van der Waals surface area contributed by atoms with Crippen LogP contribution in [0.1, 0.15) is 92.4 Å². The van der Waals surface area contributed by atoms with Crippen LogP contribution in [0.15, 0.2) is 0 Å². The van der Waals surface area contributed by atoms with Crippen molar-refractivity contribution in [3.63, 3.8) is 0 Å². The zero-order valence-corrected chi connectivity index (χ0v) is 19.8. The molecule has 0 aliphatic carbocycles. The highest BCUT2D eigenvalue weighted by molar-refractivity contribution is 6.06. The minimum atomic E-state index is -1.66. The first-order chi connectivity index (χ1) is 14.5. The summed E-state index contributed by atoms with van der Waals surface area (Å²) in [5, 5.41) is 23.9. The van der Waals surface area contributed by atoms with E-state index in [1.165, 1.54) is 33.1 Å². The Morgan fingerprint density at radius 1 is 0.871 bits per heavy atom. The largest absolute Gasteiger partial charge is 0.481 e. The van der Waals surface area contributed by atoms with Gasteiger partial charge in [-0.05, 0) is 32.6 Å². The first-order valence-electron chi connectivity index (χ1n) is 11.5. The van der Waals surface area contributed by atoms with E-state index in [1.807, 2.05) is 13.8 Å². The number of carboxylic acids is 1. The molecule has 0 aromatic carbocycles. The Balaban J connectivity index is 4.79. The van der Waals surface area contributed by atoms with Crippen LogP contribution in [0, 0.1) is 11.3 Å². The second-order valence-electron chi connectivity index (χ2n) is 9.16. The van der Waals surface area contributed by atoms with Gasteiger partial charge in [0.05, 0.1) is 12.6 Å². The number of hydrogen-bond donors (Lipinski definition) is 4. The van der Waals surface area contributed by atoms with Gasteiger partial charge in [0.15, 0.2) is 5.78 Å². The fraction of sp³-hybridized carbons (Fsp3) is 0.826. The van der Waals surface area contributed by atoms with Crippen LogP contribution >= 0.6 is 0 Å². The van der Waals surface area contributed by atoms with Crippen LogP contribution < -0.4 is 10.6 Å². The summed E-state index contributed by atoms with van der Waals surface area (Å²) in [5.74, 6) is -2.90. The van der Waals surface area contributed by atoms with E-state index < -0.39 is 41.8 Å². The molecule has 180 valence electrons. The number of Topliss-reactive ketones (excluding diaryl/α,β-unsaturated/α-hetero) is 1. The Morgan fingerprint density at radius 2 is 1.42 bits per heavy atom. The van der Waals surface area contributed by atoms with Gasteiger partial charge in [0.1, 0.15) is 11.5 Å². The molecule has 4 N–H and O–H groups in total. The second kappa shape index (κ2) is 14.9. The third-order valence-corrected chi connectivity index (χ3v) is 5.33. The summed E-state index contributed by atoms with van der Waals surface area (Å²) in [6, 6.07) is -2.21. The molecule has 0 fully saturated rings. The van der Waals surface area contributed by atoms with E-state index in [9.17, 15) is 29.4 Å². The SMILES string of the molecule is CCCCCCCCCC(=O)N[C@@H](CO)C(=O)N[C@@H](CC(C)C)C(=O)C(C)(C)C(=O)O. The van der Waals surface area contributed by atoms with Gasteiger partial charge >= 0.3 is 5.97 Å². The Bertz CT molecular complexity index is 589. The number of aliphatic carboxylic acids is 1. The van der Waals surface area contributed by atoms with Crippen LogP contribution in [0.25, 0.3) is 0 Å². The number of aliphatic hydroxyl groups excluding tert-OH is 1. The number of carbonyl (C=O) groups excluding carboxylic acids is 3. The zero-order chi connectivity index (χ0) is 24.0. The van der Waals surface area contributed by atoms with Gasteiger partial charge in [-0.3, -0.25) is 19.2 Å². The summed E-state index contributed by atoms with van der Waals surface area (Å²) in [6.45, 7) is 7.85. The van der Waals surface area contributed by atoms with Crippen molar-refractivity contribution >= 4 is 23.6 Å². The van der Waals surface area contributed by atoms with Crippen LogP contribution in [0.3, 0.4) is 0 Å². The Hall–Kier alpha value is -1.96. The summed E-state index contributed by atoms with van der Waals surface area (Å²) >= 11 is 0. The predicted octanol–water partition coefficient (Wildman–Crippen LogP) is 2.82. The molecule has 0 radical (unpaired) electrons. The molecular weight excluding hydrogens is 400 g/mol. The van der Waals surface area contributed by atoms with Gasteiger partial charge in [0.25, 0.3) is 0 Å². The van der Waals surface area contributed by atoms with Gasteiger partial charge in [-0.15, -0.1) is 0 Å². The van der Waals surface area contributed by atoms with Crippen molar-refractivity contribution in [1.29, 1.82) is 0 Å². The number of amides is 2. The Kier molecular flexibility index (Phi) is 14.0. The molecule has 31 heavy (non-hydrogen) atoms. The average Bonchev–Trinajstić information content (AvgIpc) is 2.69. The van der Waals surface area contributed by atoms with E-state index >= 15 is 0 Å². The number of unbranched alkanes of at least 4 members (excludes halogenated alkanes) is 6. The summed E-state index contributed by atoms with van der Waals surface area (Å²) in [7, 11) is 0. The van der Waals surface area contributed by atoms with E-state index in [4.69, 9.17) is 0 Å². The van der Waals surface area contributed by atoms with Gasteiger partial charge in [-0.25, -0.2) is 0 Å². The van der Waals surface area contributed by atoms with E-state index in [0.29, 0.717) is 6.42 Å². The molecule has 0 saturated heterocycles. The number of ketones is 1. The molecule has 0 bridgehead atoms. The third kappa shape index (κ3) is 11.3. The van der Waals surface area contributed by atoms with Crippen molar-refractivity contribution < 1.29 is 29.4 Å². The normalized spacial score (nSPS) is 13.5. The molecule has 2 amide bonds. The van der Waals surface area contributed by atoms with Crippen LogP contribution in [0.5, 0.6) is 0 Å². The molecule has 0 rings (SSSR count). The molecule has 8 heteroatoms. The summed E-state index contributed by atoms with van der Waals surface area (Å²) in [6.07, 6.45) is 7.97. The third-order valence-electron chi connectivity index (χ3n) is 5.33. The highest BCUT2D eigenvalue weighted by Gasteiger charge is 2.41. The van der Waals surface area contributed by atoms with Gasteiger partial charge in [-0.1, -0.05) is 59.3 Å². The van der Waals surface area contributed by atoms with Crippen LogP contribution in [-0.4, -0.2) is 52.5 Å². The minimum Gasteiger partial charge on any atom is -0.481 e. The van der Waals surface area contributed by atoms with Crippen molar-refractivity contribution in [2.45, 2.75) is 104 Å². The molecule has 2 atom stereocenters. The van der Waals surface area contributed by atoms with Gasteiger partial charge in [-0.2, -0.15) is 0 Å². The zero-order valence-electron chi connectivity index (χ0n) is 19.8. The number of carboxylic acid groups (broad SMARTS) is 1. The van der Waals surface area contributed by atoms with Crippen LogP contribution in [0.4, 0.5) is 0 Å². The topological polar surface area (TPSA) is 133 Å². The van der Waals surface area contributed by atoms with Crippen molar-refractivity contribution in [2.75, 3.05) is 6.61 Å². The fourth-order valence-electron chi connectivity index (χ4n) is 3.22. The monoisotopic (exact) mass is 442 g/mol. The average molecular weight is 443 g/mol. The maximum atomic E-state index is 12.7.